The summed E-state index contributed by atoms with van der Waals surface area (Å²) in [7, 11) is 3.61. The Labute approximate surface area is 143 Å². The Kier molecular flexibility index (Phi) is 5.40. The maximum absolute atomic E-state index is 12.4. The lowest BCUT2D eigenvalue weighted by Crippen LogP contribution is -2.42. The van der Waals surface area contributed by atoms with Crippen LogP contribution in [0, 0.1) is 6.92 Å². The van der Waals surface area contributed by atoms with E-state index < -0.39 is 0 Å². The van der Waals surface area contributed by atoms with E-state index in [1.807, 2.05) is 18.9 Å². The fourth-order valence-electron chi connectivity index (χ4n) is 3.91. The Morgan fingerprint density at radius 3 is 2.79 bits per heavy atom. The Bertz CT molecular complexity index is 581. The van der Waals surface area contributed by atoms with Crippen LogP contribution >= 0.6 is 0 Å². The molecule has 1 aromatic heterocycles. The average molecular weight is 336 g/mol. The van der Waals surface area contributed by atoms with Gasteiger partial charge in [-0.3, -0.25) is 9.69 Å². The molecule has 3 rings (SSSR count). The van der Waals surface area contributed by atoms with E-state index in [-0.39, 0.29) is 5.91 Å². The van der Waals surface area contributed by atoms with Gasteiger partial charge in [0.25, 0.3) is 0 Å². The number of amides is 1. The topological polar surface area (TPSA) is 59.8 Å². The summed E-state index contributed by atoms with van der Waals surface area (Å²) in [5.74, 6) is 1.07. The van der Waals surface area contributed by atoms with Crippen molar-refractivity contribution in [2.45, 2.75) is 32.2 Å². The highest BCUT2D eigenvalue weighted by atomic mass is 16.5. The van der Waals surface area contributed by atoms with Gasteiger partial charge >= 0.3 is 0 Å². The van der Waals surface area contributed by atoms with Crippen molar-refractivity contribution < 1.29 is 14.3 Å². The molecule has 3 heterocycles. The molecule has 2 aliphatic rings. The van der Waals surface area contributed by atoms with E-state index in [0.29, 0.717) is 25.7 Å². The predicted molar refractivity (Wildman–Crippen MR) is 90.1 cm³/mol. The maximum Gasteiger partial charge on any atom is 0.224 e. The molecule has 0 bridgehead atoms. The van der Waals surface area contributed by atoms with E-state index in [0.717, 1.165) is 50.6 Å². The quantitative estimate of drug-likeness (QED) is 0.806. The highest BCUT2D eigenvalue weighted by Crippen LogP contribution is 2.38. The van der Waals surface area contributed by atoms with Crippen molar-refractivity contribution >= 4 is 5.91 Å². The summed E-state index contributed by atoms with van der Waals surface area (Å²) in [5.41, 5.74) is 2.20. The molecule has 1 amide bonds. The molecular weight excluding hydrogens is 308 g/mol. The largest absolute Gasteiger partial charge is 0.481 e. The molecule has 24 heavy (non-hydrogen) atoms. The summed E-state index contributed by atoms with van der Waals surface area (Å²) in [6, 6.07) is 0.297. The monoisotopic (exact) mass is 336 g/mol. The zero-order chi connectivity index (χ0) is 17.1. The van der Waals surface area contributed by atoms with Crippen molar-refractivity contribution in [1.29, 1.82) is 0 Å². The molecule has 2 saturated heterocycles. The number of aromatic nitrogens is 2. The third-order valence-electron chi connectivity index (χ3n) is 5.08. The van der Waals surface area contributed by atoms with Crippen LogP contribution in [-0.4, -0.2) is 72.0 Å². The van der Waals surface area contributed by atoms with E-state index in [1.165, 1.54) is 5.56 Å². The molecule has 0 unspecified atom stereocenters. The number of hydrogen-bond donors (Lipinski definition) is 0. The van der Waals surface area contributed by atoms with Gasteiger partial charge in [0, 0.05) is 39.1 Å². The molecule has 7 heteroatoms. The van der Waals surface area contributed by atoms with Crippen LogP contribution in [0.1, 0.15) is 36.6 Å². The van der Waals surface area contributed by atoms with E-state index in [1.54, 1.807) is 11.8 Å². The second kappa shape index (κ2) is 7.53. The summed E-state index contributed by atoms with van der Waals surface area (Å²) >= 11 is 0. The third-order valence-corrected chi connectivity index (χ3v) is 5.08. The fourth-order valence-corrected chi connectivity index (χ4v) is 3.91. The van der Waals surface area contributed by atoms with Crippen LogP contribution in [0.3, 0.4) is 0 Å². The van der Waals surface area contributed by atoms with Crippen LogP contribution in [0.4, 0.5) is 0 Å². The van der Waals surface area contributed by atoms with Gasteiger partial charge in [0.1, 0.15) is 0 Å². The predicted octanol–water partition coefficient (Wildman–Crippen LogP) is 1.12. The third kappa shape index (κ3) is 3.42. The van der Waals surface area contributed by atoms with Crippen molar-refractivity contribution in [3.63, 3.8) is 0 Å². The number of likely N-dealkylation sites (tertiary alicyclic amines) is 1. The van der Waals surface area contributed by atoms with Gasteiger partial charge in [0.05, 0.1) is 31.6 Å². The van der Waals surface area contributed by atoms with Gasteiger partial charge in [0.15, 0.2) is 0 Å². The zero-order valence-electron chi connectivity index (χ0n) is 15.0. The second-order valence-corrected chi connectivity index (χ2v) is 6.57. The summed E-state index contributed by atoms with van der Waals surface area (Å²) in [6.45, 7) is 6.61. The van der Waals surface area contributed by atoms with Crippen LogP contribution in [0.5, 0.6) is 5.88 Å². The molecule has 0 aliphatic carbocycles. The fraction of sp³-hybridized carbons (Fsp3) is 0.765. The van der Waals surface area contributed by atoms with Crippen molar-refractivity contribution in [2.24, 2.45) is 7.05 Å². The number of carbonyl (C=O) groups excluding carboxylic acids is 1. The number of morpholine rings is 1. The summed E-state index contributed by atoms with van der Waals surface area (Å²) in [5, 5.41) is 4.51. The van der Waals surface area contributed by atoms with Gasteiger partial charge < -0.3 is 14.4 Å². The summed E-state index contributed by atoms with van der Waals surface area (Å²) < 4.78 is 12.7. The first kappa shape index (κ1) is 17.2. The molecule has 0 radical (unpaired) electrons. The van der Waals surface area contributed by atoms with Crippen LogP contribution in [0.15, 0.2) is 0 Å². The normalized spacial score (nSPS) is 22.1. The van der Waals surface area contributed by atoms with Crippen molar-refractivity contribution in [3.8, 4) is 5.88 Å². The Balaban J connectivity index is 1.64. The average Bonchev–Trinajstić information content (AvgIpc) is 3.16. The lowest BCUT2D eigenvalue weighted by Gasteiger charge is -2.29. The lowest BCUT2D eigenvalue weighted by atomic mass is 10.0. The SMILES string of the molecule is COc1c([C@H]2CCCN2CCC(=O)N2CCOCC2)c(C)nn1C. The molecule has 0 aromatic carbocycles. The molecule has 0 saturated carbocycles. The van der Waals surface area contributed by atoms with E-state index in [4.69, 9.17) is 9.47 Å². The standard InChI is InChI=1S/C17H28N4O3/c1-13-16(17(23-3)19(2)18-13)14-5-4-7-20(14)8-6-15(22)21-9-11-24-12-10-21/h14H,4-12H2,1-3H3/t14-/m1/s1. The molecule has 2 aliphatic heterocycles. The zero-order valence-corrected chi connectivity index (χ0v) is 15.0. The van der Waals surface area contributed by atoms with Gasteiger partial charge in [-0.1, -0.05) is 0 Å². The maximum atomic E-state index is 12.4. The van der Waals surface area contributed by atoms with Gasteiger partial charge in [-0.2, -0.15) is 5.10 Å². The number of carbonyl (C=O) groups is 1. The van der Waals surface area contributed by atoms with Gasteiger partial charge in [-0.15, -0.1) is 0 Å². The molecule has 7 nitrogen and oxygen atoms in total. The molecule has 2 fully saturated rings. The summed E-state index contributed by atoms with van der Waals surface area (Å²) in [6.07, 6.45) is 2.81. The van der Waals surface area contributed by atoms with Crippen LogP contribution in [0.25, 0.3) is 0 Å². The Hall–Kier alpha value is -1.60. The lowest BCUT2D eigenvalue weighted by molar-refractivity contribution is -0.135. The van der Waals surface area contributed by atoms with E-state index in [2.05, 4.69) is 10.00 Å². The molecule has 0 spiro atoms. The highest BCUT2D eigenvalue weighted by Gasteiger charge is 2.32. The number of aryl methyl sites for hydroxylation is 2. The van der Waals surface area contributed by atoms with Gasteiger partial charge in [-0.25, -0.2) is 4.68 Å². The van der Waals surface area contributed by atoms with Gasteiger partial charge in [0.2, 0.25) is 11.8 Å². The molecule has 0 N–H and O–H groups in total. The first-order valence-corrected chi connectivity index (χ1v) is 8.79. The minimum atomic E-state index is 0.235. The Morgan fingerprint density at radius 2 is 2.08 bits per heavy atom. The second-order valence-electron chi connectivity index (χ2n) is 6.57. The van der Waals surface area contributed by atoms with E-state index >= 15 is 0 Å². The van der Waals surface area contributed by atoms with Crippen molar-refractivity contribution in [1.82, 2.24) is 19.6 Å². The number of rotatable bonds is 5. The Morgan fingerprint density at radius 1 is 1.33 bits per heavy atom. The van der Waals surface area contributed by atoms with Gasteiger partial charge in [-0.05, 0) is 26.3 Å². The smallest absolute Gasteiger partial charge is 0.224 e. The molecule has 1 atom stereocenters. The minimum absolute atomic E-state index is 0.235. The number of methoxy groups -OCH3 is 1. The van der Waals surface area contributed by atoms with Crippen molar-refractivity contribution in [2.75, 3.05) is 46.5 Å². The van der Waals surface area contributed by atoms with Crippen LogP contribution in [-0.2, 0) is 16.6 Å². The highest BCUT2D eigenvalue weighted by molar-refractivity contribution is 5.76. The number of ether oxygens (including phenoxy) is 2. The molecular formula is C17H28N4O3. The minimum Gasteiger partial charge on any atom is -0.481 e. The molecule has 134 valence electrons. The van der Waals surface area contributed by atoms with Crippen LogP contribution < -0.4 is 4.74 Å². The van der Waals surface area contributed by atoms with Crippen molar-refractivity contribution in [3.05, 3.63) is 11.3 Å². The van der Waals surface area contributed by atoms with E-state index in [9.17, 15) is 4.79 Å². The number of hydrogen-bond acceptors (Lipinski definition) is 5. The summed E-state index contributed by atoms with van der Waals surface area (Å²) in [4.78, 5) is 16.7. The van der Waals surface area contributed by atoms with Crippen LogP contribution in [0.2, 0.25) is 0 Å². The molecule has 1 aromatic rings. The first-order valence-electron chi connectivity index (χ1n) is 8.79. The number of nitrogens with zero attached hydrogens (tertiary/aromatic N) is 4. The first-order chi connectivity index (χ1) is 11.6.